The molecule has 2 atom stereocenters. The van der Waals surface area contributed by atoms with Crippen LogP contribution in [0, 0.1) is 5.92 Å². The van der Waals surface area contributed by atoms with Crippen molar-refractivity contribution in [3.8, 4) is 0 Å². The van der Waals surface area contributed by atoms with Crippen LogP contribution in [0.15, 0.2) is 0 Å². The molecule has 8 heteroatoms. The van der Waals surface area contributed by atoms with Crippen molar-refractivity contribution < 1.29 is 32.2 Å². The monoisotopic (exact) mass is 339 g/mol. The van der Waals surface area contributed by atoms with Gasteiger partial charge in [-0.2, -0.15) is 13.2 Å². The predicted molar refractivity (Wildman–Crippen MR) is 76.7 cm³/mol. The van der Waals surface area contributed by atoms with Crippen LogP contribution >= 0.6 is 0 Å². The largest absolute Gasteiger partial charge is 0.458 e. The van der Waals surface area contributed by atoms with Crippen molar-refractivity contribution in [1.29, 1.82) is 0 Å². The van der Waals surface area contributed by atoms with Crippen molar-refractivity contribution in [3.05, 3.63) is 0 Å². The van der Waals surface area contributed by atoms with Crippen LogP contribution in [-0.4, -0.2) is 46.9 Å². The van der Waals surface area contributed by atoms with Crippen LogP contribution in [0.5, 0.6) is 0 Å². The zero-order valence-electron chi connectivity index (χ0n) is 14.3. The highest BCUT2D eigenvalue weighted by molar-refractivity contribution is 5.82. The maximum Gasteiger partial charge on any atom is 0.411 e. The van der Waals surface area contributed by atoms with Crippen LogP contribution in [0.2, 0.25) is 0 Å². The molecule has 23 heavy (non-hydrogen) atoms. The number of alkyl halides is 3. The van der Waals surface area contributed by atoms with Gasteiger partial charge in [0.05, 0.1) is 5.92 Å². The minimum Gasteiger partial charge on any atom is -0.458 e. The third kappa shape index (κ3) is 5.91. The molecule has 1 heterocycles. The summed E-state index contributed by atoms with van der Waals surface area (Å²) < 4.78 is 49.2. The number of carbonyl (C=O) groups excluding carboxylic acids is 2. The number of carbonyl (C=O) groups is 2. The van der Waals surface area contributed by atoms with Gasteiger partial charge in [0, 0.05) is 6.54 Å². The molecule has 0 aliphatic carbocycles. The van der Waals surface area contributed by atoms with Crippen LogP contribution < -0.4 is 0 Å². The van der Waals surface area contributed by atoms with E-state index in [0.717, 1.165) is 4.90 Å². The molecule has 0 N–H and O–H groups in total. The SMILES string of the molecule is CC(C)(C)OC(=O)[C@H]1C[C@@H](C(F)(F)F)CN1C(=O)OC(C)(C)C. The summed E-state index contributed by atoms with van der Waals surface area (Å²) in [5, 5.41) is 0. The first-order valence-electron chi connectivity index (χ1n) is 7.39. The molecule has 1 amide bonds. The molecule has 1 aliphatic heterocycles. The minimum absolute atomic E-state index is 0.516. The fraction of sp³-hybridized carbons (Fsp3) is 0.867. The molecule has 1 aliphatic rings. The Kier molecular flexibility index (Phi) is 5.28. The van der Waals surface area contributed by atoms with E-state index in [1.807, 2.05) is 0 Å². The second-order valence-electron chi connectivity index (χ2n) is 7.66. The van der Waals surface area contributed by atoms with Crippen molar-refractivity contribution in [2.45, 2.75) is 71.4 Å². The van der Waals surface area contributed by atoms with Gasteiger partial charge in [-0.05, 0) is 48.0 Å². The molecule has 0 saturated carbocycles. The second-order valence-corrected chi connectivity index (χ2v) is 7.66. The number of halogens is 3. The van der Waals surface area contributed by atoms with Gasteiger partial charge in [-0.15, -0.1) is 0 Å². The molecular weight excluding hydrogens is 315 g/mol. The van der Waals surface area contributed by atoms with Crippen molar-refractivity contribution in [2.75, 3.05) is 6.54 Å². The molecule has 0 spiro atoms. The quantitative estimate of drug-likeness (QED) is 0.686. The molecule has 0 bridgehead atoms. The first-order valence-corrected chi connectivity index (χ1v) is 7.39. The molecule has 0 radical (unpaired) electrons. The third-order valence-corrected chi connectivity index (χ3v) is 3.07. The van der Waals surface area contributed by atoms with E-state index in [1.54, 1.807) is 41.5 Å². The number of amides is 1. The fourth-order valence-electron chi connectivity index (χ4n) is 2.19. The Bertz CT molecular complexity index is 427. The summed E-state index contributed by atoms with van der Waals surface area (Å²) in [6.07, 6.45) is -5.95. The molecule has 1 fully saturated rings. The number of ether oxygens (including phenoxy) is 2. The highest BCUT2D eigenvalue weighted by atomic mass is 19.4. The van der Waals surface area contributed by atoms with E-state index in [1.165, 1.54) is 0 Å². The van der Waals surface area contributed by atoms with Gasteiger partial charge < -0.3 is 9.47 Å². The van der Waals surface area contributed by atoms with Crippen molar-refractivity contribution in [1.82, 2.24) is 4.90 Å². The standard InChI is InChI=1S/C15H24F3NO4/c1-13(2,3)22-11(20)10-7-9(15(16,17)18)8-19(10)12(21)23-14(4,5)6/h9-10H,7-8H2,1-6H3/t9-,10-/m1/s1. The van der Waals surface area contributed by atoms with E-state index in [2.05, 4.69) is 0 Å². The molecule has 0 aromatic rings. The summed E-state index contributed by atoms with van der Waals surface area (Å²) in [7, 11) is 0. The van der Waals surface area contributed by atoms with Gasteiger partial charge in [-0.1, -0.05) is 0 Å². The van der Waals surface area contributed by atoms with Gasteiger partial charge in [0.1, 0.15) is 17.2 Å². The number of nitrogens with zero attached hydrogens (tertiary/aromatic N) is 1. The zero-order valence-corrected chi connectivity index (χ0v) is 14.3. The Labute approximate surface area is 134 Å². The first kappa shape index (κ1) is 19.6. The molecule has 0 aromatic carbocycles. The maximum atomic E-state index is 13.0. The normalized spacial score (nSPS) is 22.9. The van der Waals surface area contributed by atoms with Gasteiger partial charge in [0.25, 0.3) is 0 Å². The molecule has 1 rings (SSSR count). The van der Waals surface area contributed by atoms with Crippen molar-refractivity contribution >= 4 is 12.1 Å². The van der Waals surface area contributed by atoms with Crippen LogP contribution in [0.1, 0.15) is 48.0 Å². The van der Waals surface area contributed by atoms with E-state index in [0.29, 0.717) is 0 Å². The first-order chi connectivity index (χ1) is 10.1. The average molecular weight is 339 g/mol. The number of hydrogen-bond acceptors (Lipinski definition) is 4. The Hall–Kier alpha value is -1.47. The van der Waals surface area contributed by atoms with Gasteiger partial charge in [0.15, 0.2) is 0 Å². The Balaban J connectivity index is 2.98. The fourth-order valence-corrected chi connectivity index (χ4v) is 2.19. The summed E-state index contributed by atoms with van der Waals surface area (Å²) in [5.74, 6) is -2.62. The zero-order chi connectivity index (χ0) is 18.2. The van der Waals surface area contributed by atoms with Crippen LogP contribution in [0.4, 0.5) is 18.0 Å². The minimum atomic E-state index is -4.49. The number of rotatable bonds is 1. The Morgan fingerprint density at radius 3 is 1.83 bits per heavy atom. The number of likely N-dealkylation sites (tertiary alicyclic amines) is 1. The highest BCUT2D eigenvalue weighted by Crippen LogP contribution is 2.38. The van der Waals surface area contributed by atoms with Crippen molar-refractivity contribution in [3.63, 3.8) is 0 Å². The average Bonchev–Trinajstić information content (AvgIpc) is 2.67. The van der Waals surface area contributed by atoms with E-state index >= 15 is 0 Å². The highest BCUT2D eigenvalue weighted by Gasteiger charge is 2.52. The van der Waals surface area contributed by atoms with E-state index in [-0.39, 0.29) is 0 Å². The lowest BCUT2D eigenvalue weighted by Crippen LogP contribution is -2.45. The van der Waals surface area contributed by atoms with E-state index in [9.17, 15) is 22.8 Å². The smallest absolute Gasteiger partial charge is 0.411 e. The summed E-state index contributed by atoms with van der Waals surface area (Å²) in [6.45, 7) is 9.03. The Morgan fingerprint density at radius 2 is 1.43 bits per heavy atom. The second kappa shape index (κ2) is 6.20. The summed E-state index contributed by atoms with van der Waals surface area (Å²) in [5.41, 5.74) is -1.72. The van der Waals surface area contributed by atoms with Crippen LogP contribution in [-0.2, 0) is 14.3 Å². The molecular formula is C15H24F3NO4. The lowest BCUT2D eigenvalue weighted by molar-refractivity contribution is -0.171. The molecule has 0 unspecified atom stereocenters. The van der Waals surface area contributed by atoms with Gasteiger partial charge in [0.2, 0.25) is 0 Å². The Morgan fingerprint density at radius 1 is 0.957 bits per heavy atom. The maximum absolute atomic E-state index is 13.0. The van der Waals surface area contributed by atoms with E-state index < -0.39 is 54.4 Å². The summed E-state index contributed by atoms with van der Waals surface area (Å²) >= 11 is 0. The van der Waals surface area contributed by atoms with E-state index in [4.69, 9.17) is 9.47 Å². The van der Waals surface area contributed by atoms with Gasteiger partial charge >= 0.3 is 18.2 Å². The lowest BCUT2D eigenvalue weighted by Gasteiger charge is -2.29. The van der Waals surface area contributed by atoms with Gasteiger partial charge in [-0.3, -0.25) is 4.90 Å². The third-order valence-electron chi connectivity index (χ3n) is 3.07. The van der Waals surface area contributed by atoms with Crippen molar-refractivity contribution in [2.24, 2.45) is 5.92 Å². The number of hydrogen-bond donors (Lipinski definition) is 0. The molecule has 134 valence electrons. The predicted octanol–water partition coefficient (Wildman–Crippen LogP) is 3.52. The van der Waals surface area contributed by atoms with Gasteiger partial charge in [-0.25, -0.2) is 9.59 Å². The molecule has 1 saturated heterocycles. The summed E-state index contributed by atoms with van der Waals surface area (Å²) in [4.78, 5) is 25.1. The lowest BCUT2D eigenvalue weighted by atomic mass is 10.1. The van der Waals surface area contributed by atoms with Crippen LogP contribution in [0.25, 0.3) is 0 Å². The topological polar surface area (TPSA) is 55.8 Å². The van der Waals surface area contributed by atoms with Crippen LogP contribution in [0.3, 0.4) is 0 Å². The summed E-state index contributed by atoms with van der Waals surface area (Å²) in [6, 6.07) is -1.30. The molecule has 5 nitrogen and oxygen atoms in total. The molecule has 0 aromatic heterocycles. The number of esters is 1.